The first-order valence-electron chi connectivity index (χ1n) is 10.9. The number of imide groups is 1. The van der Waals surface area contributed by atoms with Gasteiger partial charge in [0.25, 0.3) is 0 Å². The molecule has 1 aliphatic rings. The fourth-order valence-electron chi connectivity index (χ4n) is 4.27. The van der Waals surface area contributed by atoms with Crippen molar-refractivity contribution in [3.8, 4) is 0 Å². The van der Waals surface area contributed by atoms with Gasteiger partial charge in [-0.15, -0.1) is 0 Å². The number of carbonyl (C=O) groups is 2. The molecule has 2 unspecified atom stereocenters. The van der Waals surface area contributed by atoms with Crippen LogP contribution >= 0.6 is 0 Å². The Morgan fingerprint density at radius 1 is 0.840 bits per heavy atom. The molecular formula is C22H41NO2. The standard InChI is InChI=1S/C22H41NO2/c1-5-8-10-12-15-19(16-13-11-9-6-2)20-17-21(24)23(22(20)25)18(4)14-7-3/h18-20H,5-17H2,1-4H3. The van der Waals surface area contributed by atoms with Crippen molar-refractivity contribution in [2.75, 3.05) is 0 Å². The van der Waals surface area contributed by atoms with E-state index in [1.165, 1.54) is 51.4 Å². The van der Waals surface area contributed by atoms with Gasteiger partial charge in [-0.2, -0.15) is 0 Å². The molecule has 2 atom stereocenters. The van der Waals surface area contributed by atoms with Crippen LogP contribution in [0.25, 0.3) is 0 Å². The van der Waals surface area contributed by atoms with Crippen molar-refractivity contribution in [1.29, 1.82) is 0 Å². The van der Waals surface area contributed by atoms with Crippen LogP contribution in [0.3, 0.4) is 0 Å². The lowest BCUT2D eigenvalue weighted by molar-refractivity contribution is -0.142. The zero-order valence-electron chi connectivity index (χ0n) is 17.2. The van der Waals surface area contributed by atoms with Crippen molar-refractivity contribution >= 4 is 11.8 Å². The van der Waals surface area contributed by atoms with Gasteiger partial charge in [-0.05, 0) is 32.1 Å². The minimum atomic E-state index is -0.0462. The summed E-state index contributed by atoms with van der Waals surface area (Å²) in [6, 6.07) is 0.0656. The summed E-state index contributed by atoms with van der Waals surface area (Å²) in [5.41, 5.74) is 0. The molecule has 146 valence electrons. The Labute approximate surface area is 155 Å². The molecule has 0 bridgehead atoms. The fourth-order valence-corrected chi connectivity index (χ4v) is 4.27. The Morgan fingerprint density at radius 3 is 1.88 bits per heavy atom. The lowest BCUT2D eigenvalue weighted by Gasteiger charge is -2.25. The highest BCUT2D eigenvalue weighted by Crippen LogP contribution is 2.35. The number of nitrogens with zero attached hydrogens (tertiary/aromatic N) is 1. The van der Waals surface area contributed by atoms with Gasteiger partial charge in [0.05, 0.1) is 5.92 Å². The Morgan fingerprint density at radius 2 is 1.40 bits per heavy atom. The third kappa shape index (κ3) is 7.11. The van der Waals surface area contributed by atoms with Crippen LogP contribution in [0.1, 0.15) is 111 Å². The van der Waals surface area contributed by atoms with Crippen molar-refractivity contribution in [1.82, 2.24) is 4.90 Å². The summed E-state index contributed by atoms with van der Waals surface area (Å²) in [6.07, 6.45) is 14.6. The van der Waals surface area contributed by atoms with E-state index in [1.807, 2.05) is 6.92 Å². The molecule has 25 heavy (non-hydrogen) atoms. The maximum Gasteiger partial charge on any atom is 0.233 e. The quantitative estimate of drug-likeness (QED) is 0.280. The second kappa shape index (κ2) is 12.5. The molecule has 0 aromatic carbocycles. The molecule has 1 saturated heterocycles. The molecular weight excluding hydrogens is 310 g/mol. The second-order valence-corrected chi connectivity index (χ2v) is 8.01. The SMILES string of the molecule is CCCCCCC(CCCCCC)C1CC(=O)N(C(C)CCC)C1=O. The maximum absolute atomic E-state index is 13.0. The largest absolute Gasteiger partial charge is 0.280 e. The van der Waals surface area contributed by atoms with Crippen molar-refractivity contribution < 1.29 is 9.59 Å². The second-order valence-electron chi connectivity index (χ2n) is 8.01. The zero-order chi connectivity index (χ0) is 18.7. The van der Waals surface area contributed by atoms with Gasteiger partial charge in [0.1, 0.15) is 0 Å². The fraction of sp³-hybridized carbons (Fsp3) is 0.909. The summed E-state index contributed by atoms with van der Waals surface area (Å²) in [5.74, 6) is 0.559. The summed E-state index contributed by atoms with van der Waals surface area (Å²) in [6.45, 7) is 8.60. The summed E-state index contributed by atoms with van der Waals surface area (Å²) >= 11 is 0. The number of hydrogen-bond acceptors (Lipinski definition) is 2. The molecule has 1 fully saturated rings. The van der Waals surface area contributed by atoms with Crippen LogP contribution in [0.2, 0.25) is 0 Å². The Balaban J connectivity index is 2.68. The average molecular weight is 352 g/mol. The number of amides is 2. The van der Waals surface area contributed by atoms with Crippen LogP contribution in [0.4, 0.5) is 0 Å². The molecule has 1 aliphatic heterocycles. The van der Waals surface area contributed by atoms with Gasteiger partial charge in [-0.1, -0.05) is 78.6 Å². The van der Waals surface area contributed by atoms with Crippen LogP contribution in [-0.4, -0.2) is 22.8 Å². The topological polar surface area (TPSA) is 37.4 Å². The molecule has 3 heteroatoms. The predicted molar refractivity (Wildman–Crippen MR) is 105 cm³/mol. The first kappa shape index (κ1) is 22.2. The molecule has 0 saturated carbocycles. The van der Waals surface area contributed by atoms with E-state index in [4.69, 9.17) is 0 Å². The van der Waals surface area contributed by atoms with Gasteiger partial charge in [0.2, 0.25) is 11.8 Å². The van der Waals surface area contributed by atoms with Crippen molar-refractivity contribution in [2.24, 2.45) is 11.8 Å². The molecule has 0 aromatic heterocycles. The Hall–Kier alpha value is -0.860. The molecule has 0 aliphatic carbocycles. The molecule has 1 rings (SSSR count). The van der Waals surface area contributed by atoms with E-state index >= 15 is 0 Å². The van der Waals surface area contributed by atoms with E-state index in [1.54, 1.807) is 4.90 Å². The van der Waals surface area contributed by atoms with Crippen LogP contribution in [0.15, 0.2) is 0 Å². The van der Waals surface area contributed by atoms with Gasteiger partial charge < -0.3 is 0 Å². The van der Waals surface area contributed by atoms with Gasteiger partial charge in [0, 0.05) is 12.5 Å². The molecule has 1 heterocycles. The van der Waals surface area contributed by atoms with Crippen LogP contribution in [0, 0.1) is 11.8 Å². The molecule has 0 spiro atoms. The van der Waals surface area contributed by atoms with Gasteiger partial charge in [-0.3, -0.25) is 14.5 Å². The molecule has 2 amide bonds. The minimum absolute atomic E-state index is 0.0462. The summed E-state index contributed by atoms with van der Waals surface area (Å²) in [7, 11) is 0. The van der Waals surface area contributed by atoms with E-state index in [0.717, 1.165) is 25.7 Å². The first-order valence-corrected chi connectivity index (χ1v) is 10.9. The van der Waals surface area contributed by atoms with Gasteiger partial charge >= 0.3 is 0 Å². The highest BCUT2D eigenvalue weighted by Gasteiger charge is 2.43. The minimum Gasteiger partial charge on any atom is -0.280 e. The van der Waals surface area contributed by atoms with Crippen LogP contribution < -0.4 is 0 Å². The highest BCUT2D eigenvalue weighted by atomic mass is 16.2. The predicted octanol–water partition coefficient (Wildman–Crippen LogP) is 6.11. The van der Waals surface area contributed by atoms with E-state index in [0.29, 0.717) is 12.3 Å². The summed E-state index contributed by atoms with van der Waals surface area (Å²) in [4.78, 5) is 27.0. The van der Waals surface area contributed by atoms with Crippen molar-refractivity contribution in [2.45, 2.75) is 117 Å². The van der Waals surface area contributed by atoms with Crippen LogP contribution in [0.5, 0.6) is 0 Å². The van der Waals surface area contributed by atoms with E-state index in [9.17, 15) is 9.59 Å². The number of rotatable bonds is 14. The lowest BCUT2D eigenvalue weighted by atomic mass is 9.82. The molecule has 0 aromatic rings. The Kier molecular flexibility index (Phi) is 11.1. The average Bonchev–Trinajstić information content (AvgIpc) is 2.88. The highest BCUT2D eigenvalue weighted by molar-refractivity contribution is 6.04. The Bertz CT molecular complexity index is 381. The van der Waals surface area contributed by atoms with E-state index in [-0.39, 0.29) is 23.8 Å². The number of likely N-dealkylation sites (tertiary alicyclic amines) is 1. The molecule has 0 N–H and O–H groups in total. The maximum atomic E-state index is 13.0. The lowest BCUT2D eigenvalue weighted by Crippen LogP contribution is -2.39. The number of hydrogen-bond donors (Lipinski definition) is 0. The van der Waals surface area contributed by atoms with Crippen molar-refractivity contribution in [3.05, 3.63) is 0 Å². The zero-order valence-corrected chi connectivity index (χ0v) is 17.2. The van der Waals surface area contributed by atoms with Crippen molar-refractivity contribution in [3.63, 3.8) is 0 Å². The van der Waals surface area contributed by atoms with E-state index in [2.05, 4.69) is 20.8 Å². The molecule has 3 nitrogen and oxygen atoms in total. The third-order valence-electron chi connectivity index (χ3n) is 5.79. The van der Waals surface area contributed by atoms with E-state index < -0.39 is 0 Å². The summed E-state index contributed by atoms with van der Waals surface area (Å²) < 4.78 is 0. The molecule has 0 radical (unpaired) electrons. The smallest absolute Gasteiger partial charge is 0.233 e. The van der Waals surface area contributed by atoms with Gasteiger partial charge in [-0.25, -0.2) is 0 Å². The number of carbonyl (C=O) groups excluding carboxylic acids is 2. The van der Waals surface area contributed by atoms with Crippen LogP contribution in [-0.2, 0) is 9.59 Å². The third-order valence-corrected chi connectivity index (χ3v) is 5.79. The summed E-state index contributed by atoms with van der Waals surface area (Å²) in [5, 5.41) is 0. The normalized spacial score (nSPS) is 19.2. The monoisotopic (exact) mass is 351 g/mol. The number of unbranched alkanes of at least 4 members (excludes halogenated alkanes) is 6. The van der Waals surface area contributed by atoms with Gasteiger partial charge in [0.15, 0.2) is 0 Å². The first-order chi connectivity index (χ1) is 12.1.